The minimum absolute atomic E-state index is 0.0594. The zero-order chi connectivity index (χ0) is 18.4. The van der Waals surface area contributed by atoms with Crippen LogP contribution < -0.4 is 9.47 Å². The topological polar surface area (TPSA) is 30.9 Å². The van der Waals surface area contributed by atoms with Crippen LogP contribution in [0.4, 0.5) is 4.39 Å². The first-order valence-electron chi connectivity index (χ1n) is 8.71. The van der Waals surface area contributed by atoms with Crippen LogP contribution in [0.15, 0.2) is 42.5 Å². The van der Waals surface area contributed by atoms with E-state index in [4.69, 9.17) is 25.8 Å². The Balaban J connectivity index is 1.73. The van der Waals surface area contributed by atoms with Gasteiger partial charge < -0.3 is 14.2 Å². The zero-order valence-corrected chi connectivity index (χ0v) is 15.5. The summed E-state index contributed by atoms with van der Waals surface area (Å²) in [7, 11) is 1.64. The van der Waals surface area contributed by atoms with E-state index < -0.39 is 5.82 Å². The van der Waals surface area contributed by atoms with Crippen molar-refractivity contribution in [3.8, 4) is 11.5 Å². The van der Waals surface area contributed by atoms with Gasteiger partial charge >= 0.3 is 0 Å². The third-order valence-corrected chi connectivity index (χ3v) is 4.76. The van der Waals surface area contributed by atoms with Crippen molar-refractivity contribution in [1.29, 1.82) is 0 Å². The number of benzene rings is 2. The van der Waals surface area contributed by atoms with Crippen molar-refractivity contribution in [1.82, 2.24) is 4.90 Å². The number of methoxy groups -OCH3 is 1. The number of hydrogen-bond acceptors (Lipinski definition) is 4. The molecule has 0 saturated carbocycles. The maximum absolute atomic E-state index is 13.4. The number of ether oxygens (including phenoxy) is 3. The number of halogens is 2. The molecular weight excluding hydrogens is 357 g/mol. The van der Waals surface area contributed by atoms with Crippen molar-refractivity contribution in [3.63, 3.8) is 0 Å². The lowest BCUT2D eigenvalue weighted by Crippen LogP contribution is -2.37. The summed E-state index contributed by atoms with van der Waals surface area (Å²) in [5, 5.41) is 0.0594. The first kappa shape index (κ1) is 19.0. The van der Waals surface area contributed by atoms with Crippen LogP contribution >= 0.6 is 11.6 Å². The Morgan fingerprint density at radius 1 is 1.12 bits per heavy atom. The minimum Gasteiger partial charge on any atom is -0.497 e. The SMILES string of the molecule is COc1ccc([C@@H](CCN2CCOCC2)Oc2ccc(F)c(Cl)c2)cc1. The highest BCUT2D eigenvalue weighted by Gasteiger charge is 2.18. The molecular formula is C20H23ClFNO3. The Morgan fingerprint density at radius 2 is 1.81 bits per heavy atom. The molecule has 0 N–H and O–H groups in total. The van der Waals surface area contributed by atoms with Gasteiger partial charge in [0.15, 0.2) is 0 Å². The minimum atomic E-state index is -0.451. The highest BCUT2D eigenvalue weighted by atomic mass is 35.5. The lowest BCUT2D eigenvalue weighted by Gasteiger charge is -2.28. The van der Waals surface area contributed by atoms with Gasteiger partial charge in [-0.1, -0.05) is 23.7 Å². The average molecular weight is 380 g/mol. The fraction of sp³-hybridized carbons (Fsp3) is 0.400. The van der Waals surface area contributed by atoms with Gasteiger partial charge in [-0.25, -0.2) is 4.39 Å². The summed E-state index contributed by atoms with van der Waals surface area (Å²) in [4.78, 5) is 2.36. The van der Waals surface area contributed by atoms with Crippen LogP contribution in [0.25, 0.3) is 0 Å². The molecule has 1 atom stereocenters. The molecule has 0 unspecified atom stereocenters. The smallest absolute Gasteiger partial charge is 0.142 e. The van der Waals surface area contributed by atoms with E-state index in [1.807, 2.05) is 24.3 Å². The van der Waals surface area contributed by atoms with Gasteiger partial charge in [-0.3, -0.25) is 4.90 Å². The number of morpholine rings is 1. The second-order valence-corrected chi connectivity index (χ2v) is 6.61. The summed E-state index contributed by atoms with van der Waals surface area (Å²) in [6.45, 7) is 4.29. The first-order valence-corrected chi connectivity index (χ1v) is 9.09. The van der Waals surface area contributed by atoms with Gasteiger partial charge in [-0.05, 0) is 29.8 Å². The van der Waals surface area contributed by atoms with Gasteiger partial charge in [-0.15, -0.1) is 0 Å². The van der Waals surface area contributed by atoms with Crippen molar-refractivity contribution in [2.24, 2.45) is 0 Å². The molecule has 0 aliphatic carbocycles. The molecule has 1 aliphatic rings. The van der Waals surface area contributed by atoms with E-state index in [9.17, 15) is 4.39 Å². The molecule has 2 aromatic carbocycles. The fourth-order valence-electron chi connectivity index (χ4n) is 2.95. The summed E-state index contributed by atoms with van der Waals surface area (Å²) in [5.41, 5.74) is 1.04. The summed E-state index contributed by atoms with van der Waals surface area (Å²) >= 11 is 5.89. The molecule has 140 valence electrons. The molecule has 0 aromatic heterocycles. The van der Waals surface area contributed by atoms with Crippen molar-refractivity contribution in [2.75, 3.05) is 40.0 Å². The molecule has 0 amide bonds. The first-order chi connectivity index (χ1) is 12.7. The van der Waals surface area contributed by atoms with Crippen molar-refractivity contribution in [3.05, 3.63) is 58.9 Å². The lowest BCUT2D eigenvalue weighted by atomic mass is 10.1. The number of rotatable bonds is 7. The van der Waals surface area contributed by atoms with Crippen LogP contribution in [0.1, 0.15) is 18.1 Å². The van der Waals surface area contributed by atoms with Crippen LogP contribution in [-0.4, -0.2) is 44.9 Å². The molecule has 6 heteroatoms. The molecule has 1 saturated heterocycles. The average Bonchev–Trinajstić information content (AvgIpc) is 2.69. The van der Waals surface area contributed by atoms with Crippen molar-refractivity contribution >= 4 is 11.6 Å². The van der Waals surface area contributed by atoms with E-state index in [-0.39, 0.29) is 11.1 Å². The summed E-state index contributed by atoms with van der Waals surface area (Å²) in [5.74, 6) is 0.901. The van der Waals surface area contributed by atoms with Gasteiger partial charge in [0, 0.05) is 32.1 Å². The van der Waals surface area contributed by atoms with E-state index in [1.54, 1.807) is 13.2 Å². The maximum atomic E-state index is 13.4. The molecule has 26 heavy (non-hydrogen) atoms. The van der Waals surface area contributed by atoms with Crippen molar-refractivity contribution in [2.45, 2.75) is 12.5 Å². The van der Waals surface area contributed by atoms with Crippen molar-refractivity contribution < 1.29 is 18.6 Å². The van der Waals surface area contributed by atoms with Gasteiger partial charge in [0.05, 0.1) is 25.3 Å². The quantitative estimate of drug-likeness (QED) is 0.716. The summed E-state index contributed by atoms with van der Waals surface area (Å²) in [6, 6.07) is 12.3. The standard InChI is InChI=1S/C20H23ClFNO3/c1-24-16-4-2-15(3-5-16)20(8-9-23-10-12-25-13-11-23)26-17-6-7-19(22)18(21)14-17/h2-7,14,20H,8-13H2,1H3/t20-/m1/s1. The Labute approximate surface area is 158 Å². The van der Waals surface area contributed by atoms with Crippen LogP contribution in [0.5, 0.6) is 11.5 Å². The van der Waals surface area contributed by atoms with Gasteiger partial charge in [-0.2, -0.15) is 0 Å². The van der Waals surface area contributed by atoms with E-state index in [1.165, 1.54) is 12.1 Å². The Morgan fingerprint density at radius 3 is 2.46 bits per heavy atom. The molecule has 4 nitrogen and oxygen atoms in total. The third kappa shape index (κ3) is 5.10. The van der Waals surface area contributed by atoms with E-state index in [0.29, 0.717) is 5.75 Å². The molecule has 1 fully saturated rings. The Hall–Kier alpha value is -1.82. The van der Waals surface area contributed by atoms with Crippen LogP contribution in [0.2, 0.25) is 5.02 Å². The molecule has 1 aliphatic heterocycles. The van der Waals surface area contributed by atoms with Crippen LogP contribution in [0.3, 0.4) is 0 Å². The molecule has 3 rings (SSSR count). The summed E-state index contributed by atoms with van der Waals surface area (Å²) < 4.78 is 30.2. The summed E-state index contributed by atoms with van der Waals surface area (Å²) in [6.07, 6.45) is 0.645. The molecule has 0 spiro atoms. The molecule has 0 radical (unpaired) electrons. The predicted molar refractivity (Wildman–Crippen MR) is 99.6 cm³/mol. The van der Waals surface area contributed by atoms with E-state index in [2.05, 4.69) is 4.90 Å². The predicted octanol–water partition coefficient (Wildman–Crippen LogP) is 4.33. The number of nitrogens with zero attached hydrogens (tertiary/aromatic N) is 1. The number of hydrogen-bond donors (Lipinski definition) is 0. The Kier molecular flexibility index (Phi) is 6.72. The largest absolute Gasteiger partial charge is 0.497 e. The van der Waals surface area contributed by atoms with E-state index >= 15 is 0 Å². The second kappa shape index (κ2) is 9.21. The highest BCUT2D eigenvalue weighted by Crippen LogP contribution is 2.29. The second-order valence-electron chi connectivity index (χ2n) is 6.20. The van der Waals surface area contributed by atoms with Gasteiger partial charge in [0.25, 0.3) is 0 Å². The lowest BCUT2D eigenvalue weighted by molar-refractivity contribution is 0.0317. The molecule has 1 heterocycles. The van der Waals surface area contributed by atoms with Gasteiger partial charge in [0.2, 0.25) is 0 Å². The highest BCUT2D eigenvalue weighted by molar-refractivity contribution is 6.30. The normalized spacial score (nSPS) is 16.3. The molecule has 2 aromatic rings. The van der Waals surface area contributed by atoms with E-state index in [0.717, 1.165) is 50.6 Å². The maximum Gasteiger partial charge on any atom is 0.142 e. The fourth-order valence-corrected chi connectivity index (χ4v) is 3.12. The monoisotopic (exact) mass is 379 g/mol. The molecule has 0 bridgehead atoms. The Bertz CT molecular complexity index is 705. The van der Waals surface area contributed by atoms with Crippen LogP contribution in [-0.2, 0) is 4.74 Å². The van der Waals surface area contributed by atoms with Crippen LogP contribution in [0, 0.1) is 5.82 Å². The third-order valence-electron chi connectivity index (χ3n) is 4.47. The van der Waals surface area contributed by atoms with Gasteiger partial charge in [0.1, 0.15) is 23.4 Å². The zero-order valence-electron chi connectivity index (χ0n) is 14.8.